The van der Waals surface area contributed by atoms with E-state index >= 15 is 0 Å². The summed E-state index contributed by atoms with van der Waals surface area (Å²) in [4.78, 5) is 12.4. The van der Waals surface area contributed by atoms with Crippen molar-refractivity contribution in [2.24, 2.45) is 34.5 Å². The summed E-state index contributed by atoms with van der Waals surface area (Å²) in [6.45, 7) is 6.94. The Morgan fingerprint density at radius 3 is 2.71 bits per heavy atom. The second-order valence-electron chi connectivity index (χ2n) is 10.9. The minimum Gasteiger partial charge on any atom is -0.458 e. The zero-order valence-electron chi connectivity index (χ0n) is 17.8. The van der Waals surface area contributed by atoms with Crippen LogP contribution >= 0.6 is 0 Å². The van der Waals surface area contributed by atoms with Crippen molar-refractivity contribution in [3.05, 3.63) is 23.2 Å². The van der Waals surface area contributed by atoms with E-state index in [1.165, 1.54) is 37.7 Å². The van der Waals surface area contributed by atoms with Gasteiger partial charge in [-0.2, -0.15) is 0 Å². The summed E-state index contributed by atoms with van der Waals surface area (Å²) >= 11 is 0. The summed E-state index contributed by atoms with van der Waals surface area (Å²) in [7, 11) is 0. The Bertz CT molecular complexity index is 779. The van der Waals surface area contributed by atoms with Crippen molar-refractivity contribution in [1.82, 2.24) is 0 Å². The molecule has 7 atom stereocenters. The Hall–Kier alpha value is -1.09. The molecule has 0 radical (unpaired) electrons. The van der Waals surface area contributed by atoms with Crippen molar-refractivity contribution < 1.29 is 14.3 Å². The van der Waals surface area contributed by atoms with Crippen molar-refractivity contribution in [2.45, 2.75) is 91.1 Å². The van der Waals surface area contributed by atoms with Gasteiger partial charge >= 0.3 is 0 Å². The molecule has 0 unspecified atom stereocenters. The van der Waals surface area contributed by atoms with E-state index < -0.39 is 0 Å². The molecule has 4 aliphatic carbocycles. The van der Waals surface area contributed by atoms with Gasteiger partial charge in [0.15, 0.2) is 11.5 Å². The molecule has 0 aliphatic heterocycles. The van der Waals surface area contributed by atoms with Gasteiger partial charge in [0.1, 0.15) is 5.76 Å². The minimum absolute atomic E-state index is 0.0945. The summed E-state index contributed by atoms with van der Waals surface area (Å²) in [5.74, 6) is 4.76. The van der Waals surface area contributed by atoms with Crippen molar-refractivity contribution in [1.29, 1.82) is 0 Å². The molecule has 3 fully saturated rings. The summed E-state index contributed by atoms with van der Waals surface area (Å²) in [6.07, 6.45) is 10.7. The van der Waals surface area contributed by atoms with Gasteiger partial charge in [-0.15, -0.1) is 0 Å². The average molecular weight is 385 g/mol. The first-order valence-corrected chi connectivity index (χ1v) is 11.7. The molecule has 0 amide bonds. The van der Waals surface area contributed by atoms with Crippen LogP contribution in [-0.4, -0.2) is 17.0 Å². The molecular formula is C25H36O3. The van der Waals surface area contributed by atoms with Crippen LogP contribution < -0.4 is 0 Å². The van der Waals surface area contributed by atoms with Crippen LogP contribution in [0, 0.1) is 34.5 Å². The van der Waals surface area contributed by atoms with Crippen LogP contribution in [-0.2, 0) is 12.8 Å². The molecule has 0 aromatic carbocycles. The highest BCUT2D eigenvalue weighted by atomic mass is 16.3. The Morgan fingerprint density at radius 1 is 1.14 bits per heavy atom. The maximum atomic E-state index is 12.4. The van der Waals surface area contributed by atoms with E-state index in [0.29, 0.717) is 29.4 Å². The van der Waals surface area contributed by atoms with Crippen molar-refractivity contribution in [3.8, 4) is 0 Å². The quantitative estimate of drug-likeness (QED) is 0.692. The fourth-order valence-electron chi connectivity index (χ4n) is 8.03. The number of fused-ring (bicyclic) bond motifs is 6. The molecule has 4 aliphatic rings. The standard InChI is InChI=1S/C25H36O3/c1-4-5-20(26)22-12-15-14-25(3)16(13-21(15)28-22)6-7-17-18-8-9-23(27)24(18,2)11-10-19(17)25/h12,16-19,23,27H,4-11,13-14H2,1-3H3/t16-,17-,18-,19-,23-,24-,25-/m0/s1. The molecule has 3 saturated carbocycles. The zero-order valence-corrected chi connectivity index (χ0v) is 17.8. The SMILES string of the molecule is CCCC(=O)c1cc2c(o1)C[C@@H]1CC[C@@H]3[C@H](CC[C@]4(C)[C@@H](O)CC[C@@H]34)[C@@]1(C)C2. The monoisotopic (exact) mass is 384 g/mol. The number of ketones is 1. The average Bonchev–Trinajstić information content (AvgIpc) is 3.20. The number of aliphatic hydroxyl groups excluding tert-OH is 1. The van der Waals surface area contributed by atoms with Crippen molar-refractivity contribution in [3.63, 3.8) is 0 Å². The van der Waals surface area contributed by atoms with Crippen LogP contribution in [0.25, 0.3) is 0 Å². The molecule has 154 valence electrons. The Kier molecular flexibility index (Phi) is 4.36. The van der Waals surface area contributed by atoms with E-state index in [-0.39, 0.29) is 17.3 Å². The van der Waals surface area contributed by atoms with Crippen LogP contribution in [0.3, 0.4) is 0 Å². The van der Waals surface area contributed by atoms with Crippen molar-refractivity contribution in [2.75, 3.05) is 0 Å². The van der Waals surface area contributed by atoms with Crippen molar-refractivity contribution >= 4 is 5.78 Å². The van der Waals surface area contributed by atoms with E-state index in [9.17, 15) is 9.90 Å². The molecular weight excluding hydrogens is 348 g/mol. The first kappa shape index (κ1) is 18.9. The lowest BCUT2D eigenvalue weighted by Crippen LogP contribution is -2.54. The second kappa shape index (κ2) is 6.45. The number of hydrogen-bond acceptors (Lipinski definition) is 3. The van der Waals surface area contributed by atoms with E-state index in [4.69, 9.17) is 4.42 Å². The number of Topliss-reactive ketones (excluding diaryl/α,β-unsaturated/α-hetero) is 1. The molecule has 1 aromatic rings. The van der Waals surface area contributed by atoms with Gasteiger partial charge < -0.3 is 9.52 Å². The number of aliphatic hydroxyl groups is 1. The molecule has 5 rings (SSSR count). The predicted octanol–water partition coefficient (Wildman–Crippen LogP) is 5.58. The van der Waals surface area contributed by atoms with Crippen LogP contribution in [0.2, 0.25) is 0 Å². The van der Waals surface area contributed by atoms with Crippen LogP contribution in [0.1, 0.15) is 94.0 Å². The maximum Gasteiger partial charge on any atom is 0.197 e. The molecule has 1 heterocycles. The Morgan fingerprint density at radius 2 is 1.93 bits per heavy atom. The third kappa shape index (κ3) is 2.54. The number of furan rings is 1. The lowest BCUT2D eigenvalue weighted by Gasteiger charge is -2.59. The molecule has 28 heavy (non-hydrogen) atoms. The topological polar surface area (TPSA) is 50.4 Å². The highest BCUT2D eigenvalue weighted by Gasteiger charge is 2.60. The number of rotatable bonds is 3. The third-order valence-electron chi connectivity index (χ3n) is 9.67. The van der Waals surface area contributed by atoms with Crippen LogP contribution in [0.4, 0.5) is 0 Å². The predicted molar refractivity (Wildman–Crippen MR) is 109 cm³/mol. The maximum absolute atomic E-state index is 12.4. The third-order valence-corrected chi connectivity index (χ3v) is 9.67. The summed E-state index contributed by atoms with van der Waals surface area (Å²) in [5.41, 5.74) is 1.78. The van der Waals surface area contributed by atoms with Crippen LogP contribution in [0.5, 0.6) is 0 Å². The molecule has 0 spiro atoms. The fourth-order valence-corrected chi connectivity index (χ4v) is 8.03. The van der Waals surface area contributed by atoms with Gasteiger partial charge in [0.05, 0.1) is 6.10 Å². The number of carbonyl (C=O) groups excluding carboxylic acids is 1. The first-order valence-electron chi connectivity index (χ1n) is 11.7. The normalized spacial score (nSPS) is 44.4. The largest absolute Gasteiger partial charge is 0.458 e. The van der Waals surface area contributed by atoms with Gasteiger partial charge in [0.25, 0.3) is 0 Å². The summed E-state index contributed by atoms with van der Waals surface area (Å²) in [5, 5.41) is 10.7. The number of carbonyl (C=O) groups is 1. The zero-order chi connectivity index (χ0) is 19.7. The molecule has 0 saturated heterocycles. The molecule has 1 N–H and O–H groups in total. The lowest BCUT2D eigenvalue weighted by atomic mass is 9.45. The van der Waals surface area contributed by atoms with E-state index in [1.807, 2.05) is 6.92 Å². The fraction of sp³-hybridized carbons (Fsp3) is 0.800. The second-order valence-corrected chi connectivity index (χ2v) is 10.9. The highest BCUT2D eigenvalue weighted by molar-refractivity contribution is 5.93. The smallest absolute Gasteiger partial charge is 0.197 e. The van der Waals surface area contributed by atoms with E-state index in [0.717, 1.165) is 43.3 Å². The van der Waals surface area contributed by atoms with Gasteiger partial charge in [-0.05, 0) is 97.5 Å². The van der Waals surface area contributed by atoms with Crippen LogP contribution in [0.15, 0.2) is 10.5 Å². The van der Waals surface area contributed by atoms with Gasteiger partial charge in [-0.3, -0.25) is 4.79 Å². The highest BCUT2D eigenvalue weighted by Crippen LogP contribution is 2.65. The molecule has 3 heteroatoms. The Balaban J connectivity index is 1.44. The summed E-state index contributed by atoms with van der Waals surface area (Å²) < 4.78 is 6.07. The van der Waals surface area contributed by atoms with Gasteiger partial charge in [0, 0.05) is 12.8 Å². The van der Waals surface area contributed by atoms with E-state index in [2.05, 4.69) is 19.9 Å². The lowest BCUT2D eigenvalue weighted by molar-refractivity contribution is -0.112. The first-order chi connectivity index (χ1) is 13.4. The van der Waals surface area contributed by atoms with E-state index in [1.54, 1.807) is 0 Å². The molecule has 0 bridgehead atoms. The molecule has 1 aromatic heterocycles. The Labute approximate surface area is 169 Å². The van der Waals surface area contributed by atoms with Gasteiger partial charge in [-0.25, -0.2) is 0 Å². The van der Waals surface area contributed by atoms with Gasteiger partial charge in [0.2, 0.25) is 0 Å². The summed E-state index contributed by atoms with van der Waals surface area (Å²) in [6, 6.07) is 2.07. The molecule has 3 nitrogen and oxygen atoms in total. The van der Waals surface area contributed by atoms with Gasteiger partial charge in [-0.1, -0.05) is 20.8 Å². The minimum atomic E-state index is -0.0945. The number of hydrogen-bond donors (Lipinski definition) is 1.